The molecule has 4 heterocycles. The van der Waals surface area contributed by atoms with Crippen LogP contribution in [-0.4, -0.2) is 48.9 Å². The lowest BCUT2D eigenvalue weighted by Crippen LogP contribution is -2.37. The third kappa shape index (κ3) is 5.70. The van der Waals surface area contributed by atoms with Crippen molar-refractivity contribution >= 4 is 17.4 Å². The van der Waals surface area contributed by atoms with Gasteiger partial charge in [0.25, 0.3) is 0 Å². The Morgan fingerprint density at radius 1 is 1.23 bits per heavy atom. The summed E-state index contributed by atoms with van der Waals surface area (Å²) >= 11 is 6.56. The van der Waals surface area contributed by atoms with Crippen molar-refractivity contribution in [3.63, 3.8) is 0 Å². The first-order valence-corrected chi connectivity index (χ1v) is 15.0. The smallest absolute Gasteiger partial charge is 0.318 e. The molecule has 3 atom stereocenters. The van der Waals surface area contributed by atoms with Crippen LogP contribution in [0.2, 0.25) is 5.02 Å². The Kier molecular flexibility index (Phi) is 8.25. The Hall–Kier alpha value is -2.73. The molecule has 1 aliphatic carbocycles. The Labute approximate surface area is 240 Å². The molecule has 0 saturated carbocycles. The molecular formula is C31H37ClFN5O2. The van der Waals surface area contributed by atoms with Crippen LogP contribution in [0, 0.1) is 17.2 Å². The number of benzene rings is 1. The third-order valence-electron chi connectivity index (χ3n) is 8.95. The molecule has 0 bridgehead atoms. The maximum Gasteiger partial charge on any atom is 0.318 e. The topological polar surface area (TPSA) is 83.3 Å². The van der Waals surface area contributed by atoms with Crippen LogP contribution in [0.4, 0.5) is 10.2 Å². The van der Waals surface area contributed by atoms with Crippen LogP contribution < -0.4 is 15.0 Å². The van der Waals surface area contributed by atoms with E-state index in [0.717, 1.165) is 92.2 Å². The zero-order valence-electron chi connectivity index (χ0n) is 22.9. The van der Waals surface area contributed by atoms with Gasteiger partial charge in [-0.25, -0.2) is 4.39 Å². The molecular weight excluding hydrogens is 529 g/mol. The molecule has 40 heavy (non-hydrogen) atoms. The van der Waals surface area contributed by atoms with Gasteiger partial charge >= 0.3 is 6.01 Å². The summed E-state index contributed by atoms with van der Waals surface area (Å²) in [6, 6.07) is 8.64. The summed E-state index contributed by atoms with van der Waals surface area (Å²) in [7, 11) is 0. The standard InChI is InChI=1S/C31H37ClFN5O2/c32-27-7-1-6-26-24(27)8-11-31(26)17-28-25(20-40-31)29(38-14-3-5-21(9-12-34)10-15-38)37-30(36-28)39-19-22-4-2-13-35-18-23(33)16-22/h1,6-7,9,22-23,35H,2-5,8,10-11,13-20H2/t22-,23-,31?/m1/s1. The zero-order chi connectivity index (χ0) is 27.5. The fourth-order valence-electron chi connectivity index (χ4n) is 6.82. The first-order valence-electron chi connectivity index (χ1n) is 14.7. The minimum absolute atomic E-state index is 0.135. The first kappa shape index (κ1) is 27.4. The van der Waals surface area contributed by atoms with Gasteiger partial charge in [-0.1, -0.05) is 29.3 Å². The van der Waals surface area contributed by atoms with Crippen LogP contribution in [0.1, 0.15) is 67.3 Å². The minimum Gasteiger partial charge on any atom is -0.463 e. The molecule has 2 aromatic rings. The summed E-state index contributed by atoms with van der Waals surface area (Å²) in [5, 5.41) is 13.1. The maximum absolute atomic E-state index is 14.4. The average molecular weight is 566 g/mol. The monoisotopic (exact) mass is 565 g/mol. The molecule has 2 saturated heterocycles. The number of fused-ring (bicyclic) bond motifs is 3. The number of hydrogen-bond donors (Lipinski definition) is 1. The third-order valence-corrected chi connectivity index (χ3v) is 9.30. The number of rotatable bonds is 4. The quantitative estimate of drug-likeness (QED) is 0.484. The predicted molar refractivity (Wildman–Crippen MR) is 152 cm³/mol. The summed E-state index contributed by atoms with van der Waals surface area (Å²) in [6.07, 6.45) is 8.30. The molecule has 4 aliphatic rings. The van der Waals surface area contributed by atoms with Gasteiger partial charge in [-0.15, -0.1) is 0 Å². The molecule has 0 radical (unpaired) electrons. The molecule has 6 rings (SSSR count). The summed E-state index contributed by atoms with van der Waals surface area (Å²) in [5.74, 6) is 0.998. The number of allylic oxidation sites excluding steroid dienone is 1. The SMILES string of the molecule is N#CC=C1CCCN(c2nc(OC[C@@H]3CCCNC[C@H](F)C3)nc3c2COC2(CCc4c(Cl)cccc42)C3)CC1. The Bertz CT molecular complexity index is 1310. The second kappa shape index (κ2) is 12.0. The van der Waals surface area contributed by atoms with Crippen LogP contribution >= 0.6 is 11.6 Å². The molecule has 1 N–H and O–H groups in total. The Morgan fingerprint density at radius 2 is 2.15 bits per heavy atom. The molecule has 212 valence electrons. The number of hydrogen-bond acceptors (Lipinski definition) is 7. The van der Waals surface area contributed by atoms with E-state index in [1.807, 2.05) is 12.1 Å². The second-order valence-corrected chi connectivity index (χ2v) is 12.0. The molecule has 0 amide bonds. The van der Waals surface area contributed by atoms with E-state index in [0.29, 0.717) is 38.6 Å². The van der Waals surface area contributed by atoms with Crippen molar-refractivity contribution in [2.24, 2.45) is 5.92 Å². The first-order chi connectivity index (χ1) is 19.5. The maximum atomic E-state index is 14.4. The number of nitrogens with zero attached hydrogens (tertiary/aromatic N) is 4. The van der Waals surface area contributed by atoms with Crippen molar-refractivity contribution in [2.75, 3.05) is 37.7 Å². The number of nitrogens with one attached hydrogen (secondary N) is 1. The van der Waals surface area contributed by atoms with Gasteiger partial charge in [0.05, 0.1) is 30.6 Å². The number of aromatic nitrogens is 2. The minimum atomic E-state index is -0.868. The van der Waals surface area contributed by atoms with E-state index in [1.165, 1.54) is 11.1 Å². The van der Waals surface area contributed by atoms with Crippen molar-refractivity contribution in [2.45, 2.75) is 76.2 Å². The molecule has 1 aromatic carbocycles. The Balaban J connectivity index is 1.30. The number of alkyl halides is 1. The van der Waals surface area contributed by atoms with Crippen LogP contribution in [0.15, 0.2) is 29.8 Å². The lowest BCUT2D eigenvalue weighted by atomic mass is 9.87. The second-order valence-electron chi connectivity index (χ2n) is 11.6. The molecule has 3 aliphatic heterocycles. The van der Waals surface area contributed by atoms with Gasteiger partial charge < -0.3 is 19.7 Å². The summed E-state index contributed by atoms with van der Waals surface area (Å²) < 4.78 is 27.3. The van der Waals surface area contributed by atoms with E-state index in [9.17, 15) is 4.39 Å². The highest BCUT2D eigenvalue weighted by molar-refractivity contribution is 6.31. The normalized spacial score (nSPS) is 27.8. The van der Waals surface area contributed by atoms with Crippen molar-refractivity contribution in [3.8, 4) is 12.1 Å². The summed E-state index contributed by atoms with van der Waals surface area (Å²) in [6.45, 7) is 3.69. The van der Waals surface area contributed by atoms with Crippen LogP contribution in [-0.2, 0) is 29.8 Å². The van der Waals surface area contributed by atoms with E-state index in [2.05, 4.69) is 22.4 Å². The number of anilines is 1. The van der Waals surface area contributed by atoms with E-state index < -0.39 is 11.8 Å². The highest BCUT2D eigenvalue weighted by atomic mass is 35.5. The fraction of sp³-hybridized carbons (Fsp3) is 0.581. The molecule has 7 nitrogen and oxygen atoms in total. The van der Waals surface area contributed by atoms with Crippen molar-refractivity contribution in [1.82, 2.24) is 15.3 Å². The van der Waals surface area contributed by atoms with E-state index in [4.69, 9.17) is 36.3 Å². The van der Waals surface area contributed by atoms with Gasteiger partial charge in [-0.3, -0.25) is 0 Å². The molecule has 1 spiro atoms. The highest BCUT2D eigenvalue weighted by Crippen LogP contribution is 2.48. The number of halogens is 2. The predicted octanol–water partition coefficient (Wildman–Crippen LogP) is 5.59. The lowest BCUT2D eigenvalue weighted by molar-refractivity contribution is -0.0730. The van der Waals surface area contributed by atoms with E-state index in [-0.39, 0.29) is 5.92 Å². The Morgan fingerprint density at radius 3 is 3.05 bits per heavy atom. The summed E-state index contributed by atoms with van der Waals surface area (Å²) in [4.78, 5) is 12.2. The van der Waals surface area contributed by atoms with Crippen molar-refractivity contribution < 1.29 is 13.9 Å². The van der Waals surface area contributed by atoms with E-state index in [1.54, 1.807) is 6.08 Å². The molecule has 9 heteroatoms. The molecule has 1 unspecified atom stereocenters. The molecule has 2 fully saturated rings. The molecule has 1 aromatic heterocycles. The van der Waals surface area contributed by atoms with Gasteiger partial charge in [0.15, 0.2) is 0 Å². The van der Waals surface area contributed by atoms with Crippen LogP contribution in [0.25, 0.3) is 0 Å². The summed E-state index contributed by atoms with van der Waals surface area (Å²) in [5.41, 5.74) is 5.03. The van der Waals surface area contributed by atoms with Gasteiger partial charge in [0, 0.05) is 42.7 Å². The van der Waals surface area contributed by atoms with Gasteiger partial charge in [-0.05, 0) is 81.0 Å². The highest BCUT2D eigenvalue weighted by Gasteiger charge is 2.45. The van der Waals surface area contributed by atoms with Crippen LogP contribution in [0.5, 0.6) is 6.01 Å². The van der Waals surface area contributed by atoms with Gasteiger partial charge in [0.1, 0.15) is 12.0 Å². The van der Waals surface area contributed by atoms with Crippen molar-refractivity contribution in [1.29, 1.82) is 5.26 Å². The van der Waals surface area contributed by atoms with E-state index >= 15 is 0 Å². The number of ether oxygens (including phenoxy) is 2. The van der Waals surface area contributed by atoms with Crippen molar-refractivity contribution in [3.05, 3.63) is 57.3 Å². The number of nitriles is 1. The average Bonchev–Trinajstić information content (AvgIpc) is 3.12. The lowest BCUT2D eigenvalue weighted by Gasteiger charge is -2.37. The fourth-order valence-corrected chi connectivity index (χ4v) is 7.09. The zero-order valence-corrected chi connectivity index (χ0v) is 23.7. The van der Waals surface area contributed by atoms with Gasteiger partial charge in [-0.2, -0.15) is 15.2 Å². The van der Waals surface area contributed by atoms with Crippen LogP contribution in [0.3, 0.4) is 0 Å². The van der Waals surface area contributed by atoms with Gasteiger partial charge in [0.2, 0.25) is 0 Å². The largest absolute Gasteiger partial charge is 0.463 e.